The van der Waals surface area contributed by atoms with Gasteiger partial charge in [-0.3, -0.25) is 5.01 Å². The molecule has 0 bridgehead atoms. The van der Waals surface area contributed by atoms with Crippen molar-refractivity contribution in [2.75, 3.05) is 11.6 Å². The predicted octanol–water partition coefficient (Wildman–Crippen LogP) is 0.618. The third kappa shape index (κ3) is 4.41. The Morgan fingerprint density at radius 2 is 1.64 bits per heavy atom. The van der Waals surface area contributed by atoms with E-state index in [4.69, 9.17) is 10.5 Å². The average Bonchev–Trinajstić information content (AvgIpc) is 2.47. The van der Waals surface area contributed by atoms with E-state index in [1.807, 2.05) is 30.3 Å². The van der Waals surface area contributed by atoms with Crippen molar-refractivity contribution in [3.63, 3.8) is 0 Å². The molecular weight excluding hydrogens is 286 g/mol. The highest BCUT2D eigenvalue weighted by atomic mass is 16.5. The molecule has 2 amide bonds. The third-order valence-corrected chi connectivity index (χ3v) is 2.66. The largest absolute Gasteiger partial charge is 0.548 e. The van der Waals surface area contributed by atoms with Crippen LogP contribution in [0.5, 0.6) is 11.5 Å². The first-order valence-corrected chi connectivity index (χ1v) is 6.41. The Morgan fingerprint density at radius 1 is 1.05 bits per heavy atom. The summed E-state index contributed by atoms with van der Waals surface area (Å²) in [7, 11) is 0. The SMILES string of the molecule is NC(=O)NN(CC(=O)[O-])c1ccc(Oc2ccccc2)cc1. The van der Waals surface area contributed by atoms with Gasteiger partial charge in [-0.15, -0.1) is 0 Å². The molecule has 0 aliphatic rings. The summed E-state index contributed by atoms with van der Waals surface area (Å²) < 4.78 is 5.62. The monoisotopic (exact) mass is 300 g/mol. The van der Waals surface area contributed by atoms with Crippen LogP contribution in [0.3, 0.4) is 0 Å². The van der Waals surface area contributed by atoms with Crippen molar-refractivity contribution in [2.45, 2.75) is 0 Å². The average molecular weight is 300 g/mol. The van der Waals surface area contributed by atoms with Crippen LogP contribution in [0.15, 0.2) is 54.6 Å². The Morgan fingerprint density at radius 3 is 2.18 bits per heavy atom. The number of carboxylic acids is 1. The van der Waals surface area contributed by atoms with Crippen molar-refractivity contribution in [2.24, 2.45) is 5.73 Å². The summed E-state index contributed by atoms with van der Waals surface area (Å²) in [5, 5.41) is 11.8. The minimum Gasteiger partial charge on any atom is -0.548 e. The van der Waals surface area contributed by atoms with Crippen LogP contribution < -0.4 is 26.0 Å². The molecule has 0 heterocycles. The number of anilines is 1. The molecule has 3 N–H and O–H groups in total. The first kappa shape index (κ1) is 15.2. The van der Waals surface area contributed by atoms with Gasteiger partial charge in [-0.25, -0.2) is 10.2 Å². The number of carbonyl (C=O) groups excluding carboxylic acids is 2. The molecule has 2 aromatic rings. The molecule has 0 saturated heterocycles. The number of hydrogen-bond donors (Lipinski definition) is 2. The van der Waals surface area contributed by atoms with Crippen molar-refractivity contribution >= 4 is 17.7 Å². The number of urea groups is 1. The van der Waals surface area contributed by atoms with Gasteiger partial charge in [0.2, 0.25) is 0 Å². The normalized spacial score (nSPS) is 9.82. The van der Waals surface area contributed by atoms with Crippen molar-refractivity contribution in [3.05, 3.63) is 54.6 Å². The zero-order chi connectivity index (χ0) is 15.9. The summed E-state index contributed by atoms with van der Waals surface area (Å²) in [5.41, 5.74) is 7.65. The quantitative estimate of drug-likeness (QED) is 0.760. The molecule has 0 aliphatic carbocycles. The van der Waals surface area contributed by atoms with Crippen molar-refractivity contribution in [1.82, 2.24) is 5.43 Å². The number of nitrogens with one attached hydrogen (secondary N) is 1. The number of nitrogens with zero attached hydrogens (tertiary/aromatic N) is 1. The maximum absolute atomic E-state index is 10.9. The number of carboxylic acid groups (broad SMARTS) is 1. The number of ether oxygens (including phenoxy) is 1. The lowest BCUT2D eigenvalue weighted by Gasteiger charge is -2.24. The topological polar surface area (TPSA) is 108 Å². The number of benzene rings is 2. The minimum absolute atomic E-state index is 0.434. The zero-order valence-electron chi connectivity index (χ0n) is 11.6. The van der Waals surface area contributed by atoms with Crippen LogP contribution in [-0.2, 0) is 4.79 Å². The van der Waals surface area contributed by atoms with Gasteiger partial charge in [0.15, 0.2) is 0 Å². The van der Waals surface area contributed by atoms with E-state index >= 15 is 0 Å². The highest BCUT2D eigenvalue weighted by Crippen LogP contribution is 2.23. The van der Waals surface area contributed by atoms with Gasteiger partial charge in [0.1, 0.15) is 11.5 Å². The maximum atomic E-state index is 10.9. The molecular formula is C15H14N3O4-. The number of carbonyl (C=O) groups is 2. The fourth-order valence-electron chi connectivity index (χ4n) is 1.78. The van der Waals surface area contributed by atoms with Gasteiger partial charge in [-0.05, 0) is 36.4 Å². The smallest absolute Gasteiger partial charge is 0.330 e. The van der Waals surface area contributed by atoms with Crippen molar-refractivity contribution in [1.29, 1.82) is 0 Å². The maximum Gasteiger partial charge on any atom is 0.330 e. The van der Waals surface area contributed by atoms with Crippen LogP contribution in [0.2, 0.25) is 0 Å². The third-order valence-electron chi connectivity index (χ3n) is 2.66. The molecule has 0 aromatic heterocycles. The van der Waals surface area contributed by atoms with Crippen LogP contribution in [0.1, 0.15) is 0 Å². The number of nitrogens with two attached hydrogens (primary N) is 1. The Labute approximate surface area is 126 Å². The molecule has 7 nitrogen and oxygen atoms in total. The highest BCUT2D eigenvalue weighted by Gasteiger charge is 2.09. The van der Waals surface area contributed by atoms with Crippen LogP contribution in [0.4, 0.5) is 10.5 Å². The van der Waals surface area contributed by atoms with Gasteiger partial charge in [-0.1, -0.05) is 18.2 Å². The predicted molar refractivity (Wildman–Crippen MR) is 78.0 cm³/mol. The molecule has 0 aliphatic heterocycles. The van der Waals surface area contributed by atoms with Gasteiger partial charge < -0.3 is 20.4 Å². The van der Waals surface area contributed by atoms with Gasteiger partial charge in [0, 0.05) is 0 Å². The van der Waals surface area contributed by atoms with Crippen LogP contribution in [0, 0.1) is 0 Å². The summed E-state index contributed by atoms with van der Waals surface area (Å²) in [5.74, 6) is -0.0992. The lowest BCUT2D eigenvalue weighted by molar-refractivity contribution is -0.303. The summed E-state index contributed by atoms with van der Waals surface area (Å²) in [6.07, 6.45) is 0. The molecule has 0 saturated carbocycles. The summed E-state index contributed by atoms with van der Waals surface area (Å²) >= 11 is 0. The van der Waals surface area contributed by atoms with E-state index in [9.17, 15) is 14.7 Å². The molecule has 114 valence electrons. The van der Waals surface area contributed by atoms with Crippen molar-refractivity contribution in [3.8, 4) is 11.5 Å². The zero-order valence-corrected chi connectivity index (χ0v) is 11.6. The molecule has 0 fully saturated rings. The lowest BCUT2D eigenvalue weighted by Crippen LogP contribution is -2.50. The molecule has 0 radical (unpaired) electrons. The highest BCUT2D eigenvalue weighted by molar-refractivity contribution is 5.78. The van der Waals surface area contributed by atoms with Crippen LogP contribution >= 0.6 is 0 Å². The molecule has 2 aromatic carbocycles. The number of para-hydroxylation sites is 1. The molecule has 0 spiro atoms. The first-order chi connectivity index (χ1) is 10.5. The Bertz CT molecular complexity index is 628. The number of amides is 2. The lowest BCUT2D eigenvalue weighted by atomic mass is 10.3. The molecule has 22 heavy (non-hydrogen) atoms. The molecule has 7 heteroatoms. The van der Waals surface area contributed by atoms with E-state index in [1.165, 1.54) is 0 Å². The minimum atomic E-state index is -1.35. The van der Waals surface area contributed by atoms with E-state index in [2.05, 4.69) is 5.43 Å². The van der Waals surface area contributed by atoms with Crippen LogP contribution in [-0.4, -0.2) is 18.5 Å². The molecule has 0 unspecified atom stereocenters. The number of rotatable bonds is 6. The van der Waals surface area contributed by atoms with E-state index in [1.54, 1.807) is 24.3 Å². The summed E-state index contributed by atoms with van der Waals surface area (Å²) in [4.78, 5) is 21.6. The Hall–Kier alpha value is -3.22. The molecule has 0 atom stereocenters. The van der Waals surface area contributed by atoms with Gasteiger partial charge in [-0.2, -0.15) is 0 Å². The summed E-state index contributed by atoms with van der Waals surface area (Å²) in [6, 6.07) is 14.8. The number of aliphatic carboxylic acids is 1. The van der Waals surface area contributed by atoms with E-state index < -0.39 is 18.5 Å². The fraction of sp³-hybridized carbons (Fsp3) is 0.0667. The van der Waals surface area contributed by atoms with Gasteiger partial charge in [0.25, 0.3) is 0 Å². The Kier molecular flexibility index (Phi) is 4.81. The second-order valence-electron chi connectivity index (χ2n) is 4.34. The van der Waals surface area contributed by atoms with Gasteiger partial charge in [0.05, 0.1) is 18.2 Å². The standard InChI is InChI=1S/C15H15N3O4/c16-15(21)17-18(10-14(19)20)11-6-8-13(9-7-11)22-12-4-2-1-3-5-12/h1-9H,10H2,(H,19,20)(H3,16,17,21)/p-1. The second-order valence-corrected chi connectivity index (χ2v) is 4.34. The number of primary amides is 1. The van der Waals surface area contributed by atoms with Crippen molar-refractivity contribution < 1.29 is 19.4 Å². The second kappa shape index (κ2) is 6.98. The van der Waals surface area contributed by atoms with E-state index in [-0.39, 0.29) is 0 Å². The van der Waals surface area contributed by atoms with E-state index in [0.717, 1.165) is 5.01 Å². The van der Waals surface area contributed by atoms with Gasteiger partial charge >= 0.3 is 6.03 Å². The Balaban J connectivity index is 2.11. The van der Waals surface area contributed by atoms with E-state index in [0.29, 0.717) is 17.2 Å². The van der Waals surface area contributed by atoms with Crippen LogP contribution in [0.25, 0.3) is 0 Å². The number of hydrazine groups is 1. The fourth-order valence-corrected chi connectivity index (χ4v) is 1.78. The molecule has 2 rings (SSSR count). The number of hydrogen-bond acceptors (Lipinski definition) is 5. The first-order valence-electron chi connectivity index (χ1n) is 6.41. The summed E-state index contributed by atoms with van der Waals surface area (Å²) in [6.45, 7) is -0.526.